The van der Waals surface area contributed by atoms with Crippen molar-refractivity contribution in [3.05, 3.63) is 29.8 Å². The van der Waals surface area contributed by atoms with Crippen LogP contribution >= 0.6 is 0 Å². The summed E-state index contributed by atoms with van der Waals surface area (Å²) in [6.07, 6.45) is 0. The number of rotatable bonds is 1. The predicted molar refractivity (Wildman–Crippen MR) is 65.6 cm³/mol. The van der Waals surface area contributed by atoms with Crippen LogP contribution in [0.4, 0.5) is 5.69 Å². The normalized spacial score (nSPS) is 23.0. The number of aryl methyl sites for hydroxylation is 1. The fraction of sp³-hybridized carbons (Fsp3) is 0.143. The minimum absolute atomic E-state index is 0.0587. The van der Waals surface area contributed by atoms with Crippen molar-refractivity contribution >= 4 is 35.2 Å². The molecule has 0 amide bonds. The number of para-hydroxylation sites is 1. The van der Waals surface area contributed by atoms with Crippen molar-refractivity contribution < 1.29 is 0 Å². The molecule has 0 unspecified atom stereocenters. The third-order valence-corrected chi connectivity index (χ3v) is 8.89. The smallest absolute Gasteiger partial charge is 0.185 e. The lowest BCUT2D eigenvalue weighted by Gasteiger charge is -2.30. The zero-order valence-electron chi connectivity index (χ0n) is 7.88. The highest BCUT2D eigenvalue weighted by Gasteiger charge is 2.11. The van der Waals surface area contributed by atoms with Crippen molar-refractivity contribution in [1.29, 1.82) is 0 Å². The summed E-state index contributed by atoms with van der Waals surface area (Å²) < 4.78 is 9.78. The minimum Gasteiger partial charge on any atom is -0.411 e. The first-order chi connectivity index (χ1) is 6.38. The van der Waals surface area contributed by atoms with Gasteiger partial charge in [-0.2, -0.15) is 0 Å². The van der Waals surface area contributed by atoms with Crippen LogP contribution in [-0.4, -0.2) is 29.5 Å². The van der Waals surface area contributed by atoms with Gasteiger partial charge in [-0.1, -0.05) is 18.2 Å². The van der Waals surface area contributed by atoms with E-state index in [2.05, 4.69) is 44.7 Å². The molecule has 70 valence electrons. The maximum Gasteiger partial charge on any atom is 0.185 e. The summed E-state index contributed by atoms with van der Waals surface area (Å²) in [6.45, 7) is 2.20. The molecule has 1 aliphatic rings. The Hall–Kier alpha value is -0.409. The molecule has 2 N–H and O–H groups in total. The van der Waals surface area contributed by atoms with Crippen molar-refractivity contribution in [3.8, 4) is 0 Å². The molecule has 0 saturated carbocycles. The molecule has 6 heteroatoms. The highest BCUT2D eigenvalue weighted by Crippen LogP contribution is 2.16. The molecule has 0 radical (unpaired) electrons. The van der Waals surface area contributed by atoms with Gasteiger partial charge in [-0.25, -0.2) is 0 Å². The lowest BCUT2D eigenvalue weighted by molar-refractivity contribution is 1.29. The van der Waals surface area contributed by atoms with E-state index in [4.69, 9.17) is 0 Å². The van der Waals surface area contributed by atoms with Crippen LogP contribution in [0.3, 0.4) is 0 Å². The first-order valence-corrected chi connectivity index (χ1v) is 8.69. The van der Waals surface area contributed by atoms with E-state index in [-0.39, 0.29) is 29.5 Å². The van der Waals surface area contributed by atoms with Crippen LogP contribution in [0.1, 0.15) is 5.56 Å². The molecule has 0 aliphatic carbocycles. The largest absolute Gasteiger partial charge is 0.411 e. The molecule has 1 aliphatic heterocycles. The van der Waals surface area contributed by atoms with E-state index in [1.54, 1.807) is 0 Å². The van der Waals surface area contributed by atoms with Gasteiger partial charge in [0.2, 0.25) is 0 Å². The molecule has 0 aromatic heterocycles. The van der Waals surface area contributed by atoms with Crippen LogP contribution in [0.5, 0.6) is 0 Å². The third-order valence-electron chi connectivity index (χ3n) is 2.31. The molecule has 1 fully saturated rings. The van der Waals surface area contributed by atoms with Gasteiger partial charge >= 0.3 is 0 Å². The number of hydrogen-bond acceptors (Lipinski definition) is 3. The quantitative estimate of drug-likeness (QED) is 0.541. The van der Waals surface area contributed by atoms with Gasteiger partial charge in [0, 0.05) is 5.69 Å². The van der Waals surface area contributed by atoms with E-state index >= 15 is 0 Å². The zero-order chi connectivity index (χ0) is 9.10. The van der Waals surface area contributed by atoms with E-state index < -0.39 is 0 Å². The van der Waals surface area contributed by atoms with Crippen LogP contribution in [0.15, 0.2) is 24.3 Å². The fourth-order valence-electron chi connectivity index (χ4n) is 1.61. The highest BCUT2D eigenvalue weighted by molar-refractivity contribution is 6.73. The number of hydrogen-bond donors (Lipinski definition) is 2. The molecule has 1 aromatic carbocycles. The van der Waals surface area contributed by atoms with Gasteiger partial charge in [-0.15, -0.1) is 0 Å². The highest BCUT2D eigenvalue weighted by atomic mass is 28.4. The van der Waals surface area contributed by atoms with Crippen molar-refractivity contribution in [3.63, 3.8) is 0 Å². The maximum absolute atomic E-state index is 3.59. The molecule has 3 nitrogen and oxygen atoms in total. The summed E-state index contributed by atoms with van der Waals surface area (Å²) in [7, 11) is -0.364. The van der Waals surface area contributed by atoms with Gasteiger partial charge in [0.15, 0.2) is 29.5 Å². The van der Waals surface area contributed by atoms with E-state index in [0.717, 1.165) is 0 Å². The number of benzene rings is 1. The molecule has 0 bridgehead atoms. The summed E-state index contributed by atoms with van der Waals surface area (Å²) in [5, 5.41) is 0. The van der Waals surface area contributed by atoms with E-state index in [9.17, 15) is 0 Å². The Morgan fingerprint density at radius 3 is 2.54 bits per heavy atom. The second kappa shape index (κ2) is 4.20. The summed E-state index contributed by atoms with van der Waals surface area (Å²) >= 11 is 0. The second-order valence-corrected chi connectivity index (χ2v) is 10.7. The first-order valence-electron chi connectivity index (χ1n) is 4.60. The molecular weight excluding hydrogens is 210 g/mol. The van der Waals surface area contributed by atoms with Crippen LogP contribution in [0.25, 0.3) is 0 Å². The molecule has 0 spiro atoms. The number of nitrogens with zero attached hydrogens (tertiary/aromatic N) is 1. The Balaban J connectivity index is 2.18. The van der Waals surface area contributed by atoms with E-state index in [0.29, 0.717) is 0 Å². The molecule has 1 saturated heterocycles. The van der Waals surface area contributed by atoms with Gasteiger partial charge in [-0.05, 0) is 18.6 Å². The molecule has 1 heterocycles. The maximum atomic E-state index is 3.59. The average molecular weight is 225 g/mol. The van der Waals surface area contributed by atoms with Gasteiger partial charge in [0.25, 0.3) is 0 Å². The van der Waals surface area contributed by atoms with Crippen LogP contribution in [-0.2, 0) is 0 Å². The Kier molecular flexibility index (Phi) is 2.96. The predicted octanol–water partition coefficient (Wildman–Crippen LogP) is -2.01. The van der Waals surface area contributed by atoms with Crippen molar-refractivity contribution in [2.24, 2.45) is 0 Å². The zero-order valence-corrected chi connectivity index (χ0v) is 12.1. The minimum atomic E-state index is -0.153. The molecule has 0 atom stereocenters. The average Bonchev–Trinajstić information content (AvgIpc) is 2.20. The molecule has 13 heavy (non-hydrogen) atoms. The third kappa shape index (κ3) is 2.09. The Bertz CT molecular complexity index is 288. The number of anilines is 1. The Morgan fingerprint density at radius 2 is 1.85 bits per heavy atom. The standard InChI is InChI=1S/C7H15N3Si3/c1-6-4-2-3-5-7(6)10-12-8-11-9-13-10/h2-5,8-9H,11-13H2,1H3. The topological polar surface area (TPSA) is 27.3 Å². The second-order valence-electron chi connectivity index (χ2n) is 3.32. The van der Waals surface area contributed by atoms with Gasteiger partial charge in [-0.3, -0.25) is 0 Å². The van der Waals surface area contributed by atoms with Gasteiger partial charge in [0.1, 0.15) is 0 Å². The molecule has 1 aromatic rings. The van der Waals surface area contributed by atoms with Gasteiger partial charge < -0.3 is 13.5 Å². The van der Waals surface area contributed by atoms with Crippen molar-refractivity contribution in [1.82, 2.24) is 9.30 Å². The first kappa shape index (κ1) is 9.16. The molecule has 2 rings (SSSR count). The Morgan fingerprint density at radius 1 is 1.15 bits per heavy atom. The summed E-state index contributed by atoms with van der Waals surface area (Å²) in [6, 6.07) is 8.69. The number of nitrogens with one attached hydrogen (secondary N) is 2. The van der Waals surface area contributed by atoms with Crippen LogP contribution < -0.4 is 13.5 Å². The summed E-state index contributed by atoms with van der Waals surface area (Å²) in [5.74, 6) is 0. The van der Waals surface area contributed by atoms with Crippen LogP contribution in [0, 0.1) is 6.92 Å². The van der Waals surface area contributed by atoms with Crippen molar-refractivity contribution in [2.45, 2.75) is 6.92 Å². The van der Waals surface area contributed by atoms with E-state index in [1.807, 2.05) is 0 Å². The summed E-state index contributed by atoms with van der Waals surface area (Å²) in [5.41, 5.74) is 2.86. The monoisotopic (exact) mass is 225 g/mol. The fourth-order valence-corrected chi connectivity index (χ4v) is 11.3. The van der Waals surface area contributed by atoms with Gasteiger partial charge in [0.05, 0.1) is 0 Å². The lowest BCUT2D eigenvalue weighted by atomic mass is 10.2. The van der Waals surface area contributed by atoms with Crippen LogP contribution in [0.2, 0.25) is 0 Å². The Labute approximate surface area is 85.9 Å². The van der Waals surface area contributed by atoms with E-state index in [1.165, 1.54) is 11.3 Å². The molecular formula is C7H15N3Si3. The summed E-state index contributed by atoms with van der Waals surface area (Å²) in [4.78, 5) is 0. The van der Waals surface area contributed by atoms with Crippen molar-refractivity contribution in [2.75, 3.05) is 4.23 Å². The SMILES string of the molecule is Cc1ccccc1N1[SiH2]N[SiH2]N[SiH2]1. The lowest BCUT2D eigenvalue weighted by Crippen LogP contribution is -2.58.